The molecule has 3 amide bonds. The number of carbonyl (C=O) groups excluding carboxylic acids is 3. The molecule has 0 radical (unpaired) electrons. The molecule has 6 nitrogen and oxygen atoms in total. The van der Waals surface area contributed by atoms with Gasteiger partial charge in [-0.15, -0.1) is 11.3 Å². The summed E-state index contributed by atoms with van der Waals surface area (Å²) < 4.78 is 0. The lowest BCUT2D eigenvalue weighted by atomic mass is 10.2. The van der Waals surface area contributed by atoms with Crippen LogP contribution in [0.5, 0.6) is 0 Å². The number of amides is 3. The van der Waals surface area contributed by atoms with Gasteiger partial charge in [0.15, 0.2) is 0 Å². The summed E-state index contributed by atoms with van der Waals surface area (Å²) in [6.45, 7) is 0.400. The van der Waals surface area contributed by atoms with E-state index in [1.165, 1.54) is 11.3 Å². The summed E-state index contributed by atoms with van der Waals surface area (Å²) in [6, 6.07) is 12.2. The van der Waals surface area contributed by atoms with Crippen LogP contribution < -0.4 is 16.2 Å². The minimum Gasteiger partial charge on any atom is -0.351 e. The highest BCUT2D eigenvalue weighted by Crippen LogP contribution is 2.07. The Morgan fingerprint density at radius 3 is 2.39 bits per heavy atom. The highest BCUT2D eigenvalue weighted by molar-refractivity contribution is 7.12. The van der Waals surface area contributed by atoms with E-state index in [1.807, 2.05) is 11.4 Å². The Morgan fingerprint density at radius 2 is 1.70 bits per heavy atom. The molecule has 1 heterocycles. The van der Waals surface area contributed by atoms with E-state index in [0.29, 0.717) is 23.4 Å². The Kier molecular flexibility index (Phi) is 6.31. The fraction of sp³-hybridized carbons (Fsp3) is 0.188. The summed E-state index contributed by atoms with van der Waals surface area (Å²) in [5.41, 5.74) is 5.16. The summed E-state index contributed by atoms with van der Waals surface area (Å²) in [6.07, 6.45) is 0.698. The van der Waals surface area contributed by atoms with Gasteiger partial charge in [0, 0.05) is 18.5 Å². The van der Waals surface area contributed by atoms with Crippen LogP contribution in [-0.2, 0) is 4.79 Å². The van der Waals surface area contributed by atoms with E-state index < -0.39 is 0 Å². The molecule has 7 heteroatoms. The molecule has 0 aliphatic rings. The van der Waals surface area contributed by atoms with E-state index >= 15 is 0 Å². The summed E-state index contributed by atoms with van der Waals surface area (Å²) in [4.78, 5) is 35.6. The van der Waals surface area contributed by atoms with Crippen LogP contribution in [0.3, 0.4) is 0 Å². The number of carbonyl (C=O) groups is 3. The fourth-order valence-corrected chi connectivity index (χ4v) is 2.44. The van der Waals surface area contributed by atoms with Gasteiger partial charge in [0.1, 0.15) is 0 Å². The van der Waals surface area contributed by atoms with Gasteiger partial charge in [-0.2, -0.15) is 0 Å². The zero-order valence-electron chi connectivity index (χ0n) is 12.4. The van der Waals surface area contributed by atoms with E-state index in [4.69, 9.17) is 0 Å². The number of hydrogen-bond donors (Lipinski definition) is 3. The van der Waals surface area contributed by atoms with Gasteiger partial charge in [0.2, 0.25) is 5.91 Å². The average molecular weight is 331 g/mol. The van der Waals surface area contributed by atoms with Crippen LogP contribution in [0.25, 0.3) is 0 Å². The van der Waals surface area contributed by atoms with Crippen molar-refractivity contribution in [3.8, 4) is 0 Å². The van der Waals surface area contributed by atoms with Crippen molar-refractivity contribution >= 4 is 29.1 Å². The van der Waals surface area contributed by atoms with Crippen molar-refractivity contribution in [1.82, 2.24) is 16.2 Å². The number of nitrogens with one attached hydrogen (secondary N) is 3. The minimum absolute atomic E-state index is 0.141. The lowest BCUT2D eigenvalue weighted by molar-refractivity contribution is -0.121. The van der Waals surface area contributed by atoms with E-state index in [-0.39, 0.29) is 24.1 Å². The van der Waals surface area contributed by atoms with E-state index in [2.05, 4.69) is 16.2 Å². The molecule has 0 saturated carbocycles. The molecule has 0 unspecified atom stereocenters. The molecule has 0 fully saturated rings. The quantitative estimate of drug-likeness (QED) is 0.556. The third kappa shape index (κ3) is 5.55. The molecule has 23 heavy (non-hydrogen) atoms. The first kappa shape index (κ1) is 16.7. The zero-order valence-corrected chi connectivity index (χ0v) is 13.2. The molecule has 3 N–H and O–H groups in total. The van der Waals surface area contributed by atoms with Crippen molar-refractivity contribution in [1.29, 1.82) is 0 Å². The second kappa shape index (κ2) is 8.70. The van der Waals surface area contributed by atoms with Gasteiger partial charge in [0.25, 0.3) is 11.8 Å². The van der Waals surface area contributed by atoms with Gasteiger partial charge in [0.05, 0.1) is 4.88 Å². The second-order valence-electron chi connectivity index (χ2n) is 4.71. The smallest absolute Gasteiger partial charge is 0.269 e. The molecule has 0 aliphatic carbocycles. The lowest BCUT2D eigenvalue weighted by Gasteiger charge is -2.07. The largest absolute Gasteiger partial charge is 0.351 e. The predicted molar refractivity (Wildman–Crippen MR) is 87.9 cm³/mol. The first-order valence-corrected chi connectivity index (χ1v) is 8.00. The Labute approximate surface area is 137 Å². The van der Waals surface area contributed by atoms with E-state index in [1.54, 1.807) is 36.4 Å². The molecule has 0 aliphatic heterocycles. The standard InChI is InChI=1S/C16H17N3O3S/c20-14(18-19-15(21)12-6-2-1-3-7-12)9-4-10-17-16(22)13-8-5-11-23-13/h1-3,5-8,11H,4,9-10H2,(H,17,22)(H,18,20)(H,19,21). The van der Waals surface area contributed by atoms with E-state index in [0.717, 1.165) is 0 Å². The maximum atomic E-state index is 11.7. The van der Waals surface area contributed by atoms with Gasteiger partial charge in [-0.3, -0.25) is 25.2 Å². The molecular formula is C16H17N3O3S. The Bertz CT molecular complexity index is 656. The third-order valence-corrected chi connectivity index (χ3v) is 3.83. The van der Waals surface area contributed by atoms with Crippen molar-refractivity contribution in [2.45, 2.75) is 12.8 Å². The van der Waals surface area contributed by atoms with Gasteiger partial charge in [-0.1, -0.05) is 24.3 Å². The number of thiophene rings is 1. The molecule has 0 saturated heterocycles. The SMILES string of the molecule is O=C(CCCNC(=O)c1cccs1)NNC(=O)c1ccccc1. The zero-order chi connectivity index (χ0) is 16.5. The molecule has 0 atom stereocenters. The molecule has 2 rings (SSSR count). The molecule has 0 spiro atoms. The van der Waals surface area contributed by atoms with Crippen molar-refractivity contribution in [2.75, 3.05) is 6.54 Å². The summed E-state index contributed by atoms with van der Waals surface area (Å²) >= 11 is 1.37. The monoisotopic (exact) mass is 331 g/mol. The van der Waals surface area contributed by atoms with Gasteiger partial charge in [-0.25, -0.2) is 0 Å². The van der Waals surface area contributed by atoms with Crippen LogP contribution in [0.4, 0.5) is 0 Å². The Balaban J connectivity index is 1.60. The molecule has 1 aromatic heterocycles. The molecule has 120 valence electrons. The Morgan fingerprint density at radius 1 is 0.913 bits per heavy atom. The maximum Gasteiger partial charge on any atom is 0.269 e. The van der Waals surface area contributed by atoms with Crippen molar-refractivity contribution in [2.24, 2.45) is 0 Å². The van der Waals surface area contributed by atoms with Gasteiger partial charge >= 0.3 is 0 Å². The summed E-state index contributed by atoms with van der Waals surface area (Å²) in [7, 11) is 0. The van der Waals surface area contributed by atoms with Crippen LogP contribution in [0, 0.1) is 0 Å². The number of hydrogen-bond acceptors (Lipinski definition) is 4. The van der Waals surface area contributed by atoms with Crippen molar-refractivity contribution in [3.05, 3.63) is 58.3 Å². The van der Waals surface area contributed by atoms with Crippen molar-refractivity contribution in [3.63, 3.8) is 0 Å². The normalized spacial score (nSPS) is 9.91. The van der Waals surface area contributed by atoms with Crippen LogP contribution in [-0.4, -0.2) is 24.3 Å². The minimum atomic E-state index is -0.370. The molecule has 1 aromatic carbocycles. The molecule has 2 aromatic rings. The average Bonchev–Trinajstić information content (AvgIpc) is 3.12. The first-order valence-electron chi connectivity index (χ1n) is 7.13. The second-order valence-corrected chi connectivity index (χ2v) is 5.65. The number of rotatable bonds is 6. The predicted octanol–water partition coefficient (Wildman–Crippen LogP) is 1.72. The fourth-order valence-electron chi connectivity index (χ4n) is 1.80. The van der Waals surface area contributed by atoms with Crippen LogP contribution in [0.15, 0.2) is 47.8 Å². The van der Waals surface area contributed by atoms with Crippen LogP contribution >= 0.6 is 11.3 Å². The number of hydrazine groups is 1. The van der Waals surface area contributed by atoms with Gasteiger partial charge in [-0.05, 0) is 30.0 Å². The van der Waals surface area contributed by atoms with Gasteiger partial charge < -0.3 is 5.32 Å². The highest BCUT2D eigenvalue weighted by Gasteiger charge is 2.08. The highest BCUT2D eigenvalue weighted by atomic mass is 32.1. The number of benzene rings is 1. The van der Waals surface area contributed by atoms with E-state index in [9.17, 15) is 14.4 Å². The van der Waals surface area contributed by atoms with Crippen LogP contribution in [0.1, 0.15) is 32.9 Å². The summed E-state index contributed by atoms with van der Waals surface area (Å²) in [5.74, 6) is -0.817. The van der Waals surface area contributed by atoms with Crippen LogP contribution in [0.2, 0.25) is 0 Å². The summed E-state index contributed by atoms with van der Waals surface area (Å²) in [5, 5.41) is 4.57. The lowest BCUT2D eigenvalue weighted by Crippen LogP contribution is -2.41. The molecule has 0 bridgehead atoms. The maximum absolute atomic E-state index is 11.7. The topological polar surface area (TPSA) is 87.3 Å². The third-order valence-electron chi connectivity index (χ3n) is 2.96. The first-order chi connectivity index (χ1) is 11.2. The Hall–Kier alpha value is -2.67. The van der Waals surface area contributed by atoms with Crippen molar-refractivity contribution < 1.29 is 14.4 Å². The molecular weight excluding hydrogens is 314 g/mol.